The van der Waals surface area contributed by atoms with Gasteiger partial charge in [0.1, 0.15) is 0 Å². The fourth-order valence-corrected chi connectivity index (χ4v) is 2.62. The van der Waals surface area contributed by atoms with Gasteiger partial charge < -0.3 is 11.1 Å². The molecular weight excluding hydrogens is 256 g/mol. The summed E-state index contributed by atoms with van der Waals surface area (Å²) in [6, 6.07) is 9.69. The minimum absolute atomic E-state index is 0.0465. The highest BCUT2D eigenvalue weighted by Crippen LogP contribution is 2.19. The lowest BCUT2D eigenvalue weighted by molar-refractivity contribution is -0.116. The van der Waals surface area contributed by atoms with E-state index >= 15 is 0 Å². The fourth-order valence-electron chi connectivity index (χ4n) is 1.86. The molecule has 0 aliphatic rings. The zero-order valence-corrected chi connectivity index (χ0v) is 11.8. The van der Waals surface area contributed by atoms with Gasteiger partial charge in [0.05, 0.1) is 0 Å². The maximum Gasteiger partial charge on any atom is 0.224 e. The van der Waals surface area contributed by atoms with E-state index < -0.39 is 0 Å². The average molecular weight is 274 g/mol. The second-order valence-corrected chi connectivity index (χ2v) is 5.59. The van der Waals surface area contributed by atoms with Gasteiger partial charge >= 0.3 is 0 Å². The SMILES string of the molecule is Cc1ccc(N)cc1NC(=O)CCCc1cccs1. The number of hydrogen-bond donors (Lipinski definition) is 2. The van der Waals surface area contributed by atoms with Crippen molar-refractivity contribution >= 4 is 28.6 Å². The number of carbonyl (C=O) groups is 1. The molecule has 0 radical (unpaired) electrons. The molecule has 2 aromatic rings. The van der Waals surface area contributed by atoms with E-state index in [2.05, 4.69) is 16.8 Å². The Morgan fingerprint density at radius 2 is 2.21 bits per heavy atom. The number of benzene rings is 1. The molecule has 19 heavy (non-hydrogen) atoms. The molecular formula is C15H18N2OS. The van der Waals surface area contributed by atoms with Crippen LogP contribution in [-0.4, -0.2) is 5.91 Å². The standard InChI is InChI=1S/C15H18N2OS/c1-11-7-8-12(16)10-14(11)17-15(18)6-2-4-13-5-3-9-19-13/h3,5,7-10H,2,4,6,16H2,1H3,(H,17,18). The van der Waals surface area contributed by atoms with Gasteiger partial charge in [0.25, 0.3) is 0 Å². The van der Waals surface area contributed by atoms with Crippen LogP contribution in [0, 0.1) is 6.92 Å². The van der Waals surface area contributed by atoms with Crippen LogP contribution in [0.25, 0.3) is 0 Å². The van der Waals surface area contributed by atoms with Crippen LogP contribution in [0.4, 0.5) is 11.4 Å². The first-order chi connectivity index (χ1) is 9.15. The maximum atomic E-state index is 11.9. The Labute approximate surface area is 117 Å². The number of aryl methyl sites for hydroxylation is 2. The number of carbonyl (C=O) groups excluding carboxylic acids is 1. The zero-order valence-electron chi connectivity index (χ0n) is 11.0. The van der Waals surface area contributed by atoms with E-state index in [4.69, 9.17) is 5.73 Å². The van der Waals surface area contributed by atoms with E-state index in [1.807, 2.05) is 25.1 Å². The zero-order chi connectivity index (χ0) is 13.7. The van der Waals surface area contributed by atoms with E-state index in [9.17, 15) is 4.79 Å². The minimum atomic E-state index is 0.0465. The van der Waals surface area contributed by atoms with Gasteiger partial charge in [-0.25, -0.2) is 0 Å². The molecule has 0 fully saturated rings. The van der Waals surface area contributed by atoms with Gasteiger partial charge in [-0.2, -0.15) is 0 Å². The number of rotatable bonds is 5. The normalized spacial score (nSPS) is 10.4. The molecule has 0 aliphatic carbocycles. The molecule has 0 saturated heterocycles. The molecule has 0 bridgehead atoms. The summed E-state index contributed by atoms with van der Waals surface area (Å²) in [7, 11) is 0. The van der Waals surface area contributed by atoms with E-state index in [1.165, 1.54) is 4.88 Å². The van der Waals surface area contributed by atoms with Crippen molar-refractivity contribution in [2.24, 2.45) is 0 Å². The van der Waals surface area contributed by atoms with Gasteiger partial charge in [-0.05, 0) is 48.9 Å². The maximum absolute atomic E-state index is 11.9. The molecule has 3 N–H and O–H groups in total. The first-order valence-corrected chi connectivity index (χ1v) is 7.21. The number of hydrogen-bond acceptors (Lipinski definition) is 3. The van der Waals surface area contributed by atoms with E-state index in [-0.39, 0.29) is 5.91 Å². The fraction of sp³-hybridized carbons (Fsp3) is 0.267. The van der Waals surface area contributed by atoms with Crippen LogP contribution in [0.15, 0.2) is 35.7 Å². The third-order valence-electron chi connectivity index (χ3n) is 2.94. The predicted molar refractivity (Wildman–Crippen MR) is 81.5 cm³/mol. The van der Waals surface area contributed by atoms with Gasteiger partial charge in [0.15, 0.2) is 0 Å². The third-order valence-corrected chi connectivity index (χ3v) is 3.88. The summed E-state index contributed by atoms with van der Waals surface area (Å²) in [4.78, 5) is 13.2. The molecule has 1 amide bonds. The van der Waals surface area contributed by atoms with Crippen molar-refractivity contribution in [1.82, 2.24) is 0 Å². The molecule has 4 heteroatoms. The van der Waals surface area contributed by atoms with Crippen molar-refractivity contribution < 1.29 is 4.79 Å². The second-order valence-electron chi connectivity index (χ2n) is 4.56. The first kappa shape index (κ1) is 13.6. The smallest absolute Gasteiger partial charge is 0.224 e. The topological polar surface area (TPSA) is 55.1 Å². The van der Waals surface area contributed by atoms with Crippen molar-refractivity contribution in [3.63, 3.8) is 0 Å². The summed E-state index contributed by atoms with van der Waals surface area (Å²) >= 11 is 1.73. The highest BCUT2D eigenvalue weighted by molar-refractivity contribution is 7.09. The Balaban J connectivity index is 1.82. The second kappa shape index (κ2) is 6.38. The van der Waals surface area contributed by atoms with Crippen molar-refractivity contribution in [3.8, 4) is 0 Å². The molecule has 0 spiro atoms. The summed E-state index contributed by atoms with van der Waals surface area (Å²) < 4.78 is 0. The molecule has 1 aromatic carbocycles. The van der Waals surface area contributed by atoms with E-state index in [0.29, 0.717) is 12.1 Å². The van der Waals surface area contributed by atoms with Crippen molar-refractivity contribution in [3.05, 3.63) is 46.2 Å². The van der Waals surface area contributed by atoms with E-state index in [1.54, 1.807) is 17.4 Å². The highest BCUT2D eigenvalue weighted by Gasteiger charge is 2.05. The van der Waals surface area contributed by atoms with Gasteiger partial charge in [-0.1, -0.05) is 12.1 Å². The molecule has 100 valence electrons. The molecule has 0 unspecified atom stereocenters. The Morgan fingerprint density at radius 3 is 2.95 bits per heavy atom. The van der Waals surface area contributed by atoms with Crippen LogP contribution in [0.3, 0.4) is 0 Å². The van der Waals surface area contributed by atoms with Gasteiger partial charge in [0.2, 0.25) is 5.91 Å². The van der Waals surface area contributed by atoms with E-state index in [0.717, 1.165) is 24.1 Å². The molecule has 0 saturated carbocycles. The number of anilines is 2. The molecule has 2 rings (SSSR count). The third kappa shape index (κ3) is 4.10. The number of amides is 1. The van der Waals surface area contributed by atoms with Gasteiger partial charge in [0, 0.05) is 22.7 Å². The summed E-state index contributed by atoms with van der Waals surface area (Å²) in [5, 5.41) is 4.98. The van der Waals surface area contributed by atoms with Crippen molar-refractivity contribution in [2.75, 3.05) is 11.1 Å². The molecule has 3 nitrogen and oxygen atoms in total. The molecule has 0 atom stereocenters. The molecule has 1 aromatic heterocycles. The largest absolute Gasteiger partial charge is 0.399 e. The Hall–Kier alpha value is -1.81. The highest BCUT2D eigenvalue weighted by atomic mass is 32.1. The Kier molecular flexibility index (Phi) is 4.58. The summed E-state index contributed by atoms with van der Waals surface area (Å²) in [6.45, 7) is 1.96. The lowest BCUT2D eigenvalue weighted by Crippen LogP contribution is -2.12. The monoisotopic (exact) mass is 274 g/mol. The van der Waals surface area contributed by atoms with Crippen LogP contribution in [0.5, 0.6) is 0 Å². The average Bonchev–Trinajstić information content (AvgIpc) is 2.87. The first-order valence-electron chi connectivity index (χ1n) is 6.33. The molecule has 1 heterocycles. The predicted octanol–water partition coefficient (Wildman–Crippen LogP) is 3.60. The summed E-state index contributed by atoms with van der Waals surface area (Å²) in [6.07, 6.45) is 2.36. The van der Waals surface area contributed by atoms with Crippen molar-refractivity contribution in [2.45, 2.75) is 26.2 Å². The quantitative estimate of drug-likeness (QED) is 0.818. The Morgan fingerprint density at radius 1 is 1.37 bits per heavy atom. The summed E-state index contributed by atoms with van der Waals surface area (Å²) in [5.41, 5.74) is 8.22. The summed E-state index contributed by atoms with van der Waals surface area (Å²) in [5.74, 6) is 0.0465. The number of nitrogen functional groups attached to an aromatic ring is 1. The molecule has 0 aliphatic heterocycles. The number of thiophene rings is 1. The minimum Gasteiger partial charge on any atom is -0.399 e. The van der Waals surface area contributed by atoms with Gasteiger partial charge in [-0.3, -0.25) is 4.79 Å². The van der Waals surface area contributed by atoms with Crippen LogP contribution < -0.4 is 11.1 Å². The Bertz CT molecular complexity index is 549. The number of nitrogens with one attached hydrogen (secondary N) is 1. The number of nitrogens with two attached hydrogens (primary N) is 1. The lowest BCUT2D eigenvalue weighted by Gasteiger charge is -2.09. The van der Waals surface area contributed by atoms with Crippen LogP contribution in [0.2, 0.25) is 0 Å². The van der Waals surface area contributed by atoms with Crippen molar-refractivity contribution in [1.29, 1.82) is 0 Å². The van der Waals surface area contributed by atoms with Crippen LogP contribution in [0.1, 0.15) is 23.3 Å². The lowest BCUT2D eigenvalue weighted by atomic mass is 10.1. The van der Waals surface area contributed by atoms with Crippen LogP contribution in [-0.2, 0) is 11.2 Å². The van der Waals surface area contributed by atoms with Crippen LogP contribution >= 0.6 is 11.3 Å². The van der Waals surface area contributed by atoms with Gasteiger partial charge in [-0.15, -0.1) is 11.3 Å².